The van der Waals surface area contributed by atoms with Crippen molar-refractivity contribution >= 4 is 26.5 Å². The van der Waals surface area contributed by atoms with Gasteiger partial charge in [-0.3, -0.25) is 0 Å². The lowest BCUT2D eigenvalue weighted by molar-refractivity contribution is 0.401. The molecule has 1 aliphatic carbocycles. The van der Waals surface area contributed by atoms with E-state index in [-0.39, 0.29) is 0 Å². The third-order valence-electron chi connectivity index (χ3n) is 4.20. The van der Waals surface area contributed by atoms with Crippen LogP contribution in [0.3, 0.4) is 0 Å². The van der Waals surface area contributed by atoms with Crippen molar-refractivity contribution in [3.63, 3.8) is 0 Å². The largest absolute Gasteiger partial charge is 0.398 e. The Morgan fingerprint density at radius 1 is 1.10 bits per heavy atom. The van der Waals surface area contributed by atoms with E-state index in [9.17, 15) is 8.42 Å². The first-order valence-corrected chi connectivity index (χ1v) is 8.61. The SMILES string of the molecule is CC(C)(NS(=O)(=O)c1ccc(N)c2ccccc12)C1CC1. The van der Waals surface area contributed by atoms with E-state index in [2.05, 4.69) is 4.72 Å². The van der Waals surface area contributed by atoms with Crippen LogP contribution in [0.4, 0.5) is 5.69 Å². The summed E-state index contributed by atoms with van der Waals surface area (Å²) in [7, 11) is -3.57. The van der Waals surface area contributed by atoms with E-state index >= 15 is 0 Å². The van der Waals surface area contributed by atoms with Crippen molar-refractivity contribution in [3.8, 4) is 0 Å². The van der Waals surface area contributed by atoms with E-state index in [1.807, 2.05) is 32.0 Å². The average molecular weight is 304 g/mol. The minimum absolute atomic E-state index is 0.293. The number of nitrogens with two attached hydrogens (primary N) is 1. The van der Waals surface area contributed by atoms with Crippen LogP contribution in [0.25, 0.3) is 10.8 Å². The number of anilines is 1. The number of fused-ring (bicyclic) bond motifs is 1. The third-order valence-corrected chi connectivity index (χ3v) is 5.93. The molecule has 0 atom stereocenters. The summed E-state index contributed by atoms with van der Waals surface area (Å²) in [4.78, 5) is 0.293. The maximum atomic E-state index is 12.8. The van der Waals surface area contributed by atoms with Gasteiger partial charge in [-0.05, 0) is 44.7 Å². The molecular weight excluding hydrogens is 284 g/mol. The highest BCUT2D eigenvalue weighted by Gasteiger charge is 2.40. The van der Waals surface area contributed by atoms with E-state index in [1.54, 1.807) is 18.2 Å². The molecular formula is C16H20N2O2S. The zero-order valence-electron chi connectivity index (χ0n) is 12.3. The van der Waals surface area contributed by atoms with Crippen LogP contribution in [0.2, 0.25) is 0 Å². The molecule has 0 bridgehead atoms. The van der Waals surface area contributed by atoms with Gasteiger partial charge in [-0.1, -0.05) is 24.3 Å². The van der Waals surface area contributed by atoms with Gasteiger partial charge in [0, 0.05) is 22.0 Å². The van der Waals surface area contributed by atoms with Crippen LogP contribution < -0.4 is 10.5 Å². The zero-order chi connectivity index (χ0) is 15.3. The van der Waals surface area contributed by atoms with Crippen LogP contribution >= 0.6 is 0 Å². The van der Waals surface area contributed by atoms with Gasteiger partial charge in [-0.15, -0.1) is 0 Å². The van der Waals surface area contributed by atoms with Gasteiger partial charge in [0.2, 0.25) is 10.0 Å². The lowest BCUT2D eigenvalue weighted by Crippen LogP contribution is -2.45. The highest BCUT2D eigenvalue weighted by Crippen LogP contribution is 2.40. The second-order valence-electron chi connectivity index (χ2n) is 6.30. The smallest absolute Gasteiger partial charge is 0.241 e. The molecule has 2 aromatic rings. The van der Waals surface area contributed by atoms with E-state index in [0.29, 0.717) is 21.9 Å². The van der Waals surface area contributed by atoms with Crippen molar-refractivity contribution < 1.29 is 8.42 Å². The highest BCUT2D eigenvalue weighted by molar-refractivity contribution is 7.89. The summed E-state index contributed by atoms with van der Waals surface area (Å²) in [5.41, 5.74) is 6.11. The molecule has 0 radical (unpaired) electrons. The third kappa shape index (κ3) is 2.63. The highest BCUT2D eigenvalue weighted by atomic mass is 32.2. The Kier molecular flexibility index (Phi) is 3.22. The van der Waals surface area contributed by atoms with E-state index in [4.69, 9.17) is 5.73 Å². The fourth-order valence-corrected chi connectivity index (χ4v) is 4.50. The monoisotopic (exact) mass is 304 g/mol. The number of benzene rings is 2. The molecule has 2 aromatic carbocycles. The van der Waals surface area contributed by atoms with E-state index < -0.39 is 15.6 Å². The molecule has 21 heavy (non-hydrogen) atoms. The molecule has 0 heterocycles. The molecule has 1 fully saturated rings. The summed E-state index contributed by atoms with van der Waals surface area (Å²) in [5.74, 6) is 0.423. The van der Waals surface area contributed by atoms with Crippen LogP contribution in [0.5, 0.6) is 0 Å². The van der Waals surface area contributed by atoms with Gasteiger partial charge in [0.1, 0.15) is 0 Å². The first kappa shape index (κ1) is 14.4. The fraction of sp³-hybridized carbons (Fsp3) is 0.375. The predicted octanol–water partition coefficient (Wildman–Crippen LogP) is 2.89. The summed E-state index contributed by atoms with van der Waals surface area (Å²) in [5, 5.41) is 1.43. The summed E-state index contributed by atoms with van der Waals surface area (Å²) in [6.07, 6.45) is 2.16. The number of nitrogen functional groups attached to an aromatic ring is 1. The lowest BCUT2D eigenvalue weighted by atomic mass is 10.0. The Morgan fingerprint density at radius 3 is 2.33 bits per heavy atom. The van der Waals surface area contributed by atoms with Gasteiger partial charge in [0.25, 0.3) is 0 Å². The fourth-order valence-electron chi connectivity index (χ4n) is 2.82. The molecule has 4 nitrogen and oxygen atoms in total. The van der Waals surface area contributed by atoms with Crippen molar-refractivity contribution in [2.45, 2.75) is 37.1 Å². The summed E-state index contributed by atoms with van der Waals surface area (Å²) >= 11 is 0. The minimum Gasteiger partial charge on any atom is -0.398 e. The van der Waals surface area contributed by atoms with Gasteiger partial charge >= 0.3 is 0 Å². The maximum Gasteiger partial charge on any atom is 0.241 e. The lowest BCUT2D eigenvalue weighted by Gasteiger charge is -2.26. The number of hydrogen-bond donors (Lipinski definition) is 2. The van der Waals surface area contributed by atoms with Crippen LogP contribution in [0, 0.1) is 5.92 Å². The first-order valence-electron chi connectivity index (χ1n) is 7.12. The molecule has 3 N–H and O–H groups in total. The first-order chi connectivity index (χ1) is 9.81. The number of sulfonamides is 1. The molecule has 0 aliphatic heterocycles. The number of nitrogens with one attached hydrogen (secondary N) is 1. The summed E-state index contributed by atoms with van der Waals surface area (Å²) in [6, 6.07) is 10.6. The molecule has 0 unspecified atom stereocenters. The van der Waals surface area contributed by atoms with E-state index in [0.717, 1.165) is 18.2 Å². The minimum atomic E-state index is -3.57. The van der Waals surface area contributed by atoms with Crippen molar-refractivity contribution in [2.75, 3.05) is 5.73 Å². The van der Waals surface area contributed by atoms with Crippen LogP contribution in [-0.4, -0.2) is 14.0 Å². The molecule has 1 aliphatic rings. The second-order valence-corrected chi connectivity index (χ2v) is 7.95. The van der Waals surface area contributed by atoms with Crippen LogP contribution in [0.15, 0.2) is 41.3 Å². The molecule has 0 saturated heterocycles. The molecule has 112 valence electrons. The van der Waals surface area contributed by atoms with Gasteiger partial charge < -0.3 is 5.73 Å². The van der Waals surface area contributed by atoms with Gasteiger partial charge in [-0.25, -0.2) is 13.1 Å². The topological polar surface area (TPSA) is 72.2 Å². The average Bonchev–Trinajstić information content (AvgIpc) is 3.22. The number of rotatable bonds is 4. The molecule has 3 rings (SSSR count). The summed E-state index contributed by atoms with van der Waals surface area (Å²) < 4.78 is 28.4. The zero-order valence-corrected chi connectivity index (χ0v) is 13.1. The van der Waals surface area contributed by atoms with Gasteiger partial charge in [0.15, 0.2) is 0 Å². The molecule has 0 amide bonds. The Bertz CT molecular complexity index is 793. The molecule has 0 spiro atoms. The van der Waals surface area contributed by atoms with Crippen molar-refractivity contribution in [2.24, 2.45) is 5.92 Å². The van der Waals surface area contributed by atoms with Gasteiger partial charge in [-0.2, -0.15) is 0 Å². The normalized spacial score (nSPS) is 16.3. The Morgan fingerprint density at radius 2 is 1.71 bits per heavy atom. The maximum absolute atomic E-state index is 12.8. The quantitative estimate of drug-likeness (QED) is 0.853. The Labute approximate surface area is 125 Å². The van der Waals surface area contributed by atoms with E-state index in [1.165, 1.54) is 0 Å². The number of hydrogen-bond acceptors (Lipinski definition) is 3. The van der Waals surface area contributed by atoms with Crippen molar-refractivity contribution in [1.29, 1.82) is 0 Å². The second kappa shape index (κ2) is 4.71. The predicted molar refractivity (Wildman–Crippen MR) is 85.5 cm³/mol. The van der Waals surface area contributed by atoms with Crippen LogP contribution in [0.1, 0.15) is 26.7 Å². The van der Waals surface area contributed by atoms with Gasteiger partial charge in [0.05, 0.1) is 4.90 Å². The van der Waals surface area contributed by atoms with Crippen LogP contribution in [-0.2, 0) is 10.0 Å². The molecule has 0 aromatic heterocycles. The molecule has 1 saturated carbocycles. The Hall–Kier alpha value is -1.59. The van der Waals surface area contributed by atoms with Crippen molar-refractivity contribution in [1.82, 2.24) is 4.72 Å². The van der Waals surface area contributed by atoms with Crippen molar-refractivity contribution in [3.05, 3.63) is 36.4 Å². The standard InChI is InChI=1S/C16H20N2O2S/c1-16(2,11-7-8-11)18-21(19,20)15-10-9-14(17)12-5-3-4-6-13(12)15/h3-6,9-11,18H,7-8,17H2,1-2H3. The molecule has 5 heteroatoms. The summed E-state index contributed by atoms with van der Waals surface area (Å²) in [6.45, 7) is 3.89. The Balaban J connectivity index is 2.09.